The summed E-state index contributed by atoms with van der Waals surface area (Å²) in [6, 6.07) is 1.28. The molecule has 2 N–H and O–H groups in total. The molecule has 18 heavy (non-hydrogen) atoms. The molecule has 0 bridgehead atoms. The molecule has 0 aromatic carbocycles. The lowest BCUT2D eigenvalue weighted by molar-refractivity contribution is -0.0194. The summed E-state index contributed by atoms with van der Waals surface area (Å²) in [4.78, 5) is 0. The Hall–Kier alpha value is 0.580. The van der Waals surface area contributed by atoms with E-state index in [0.717, 1.165) is 19.7 Å². The highest BCUT2D eigenvalue weighted by Gasteiger charge is 2.41. The molecule has 104 valence electrons. The van der Waals surface area contributed by atoms with Crippen LogP contribution in [0, 0.1) is 0 Å². The molecule has 1 atom stereocenters. The van der Waals surface area contributed by atoms with Crippen molar-refractivity contribution in [2.75, 3.05) is 42.7 Å². The lowest BCUT2D eigenvalue weighted by Crippen LogP contribution is -2.44. The molecule has 0 aromatic heterocycles. The molecule has 3 saturated heterocycles. The number of piperidine rings is 1. The SMILES string of the molecule is C1CC2(CCN1)CC(NC1CSCCSC1)CO2. The van der Waals surface area contributed by atoms with E-state index in [1.54, 1.807) is 0 Å². The molecule has 3 aliphatic rings. The first kappa shape index (κ1) is 13.6. The van der Waals surface area contributed by atoms with E-state index in [2.05, 4.69) is 34.2 Å². The summed E-state index contributed by atoms with van der Waals surface area (Å²) in [5, 5.41) is 7.28. The lowest BCUT2D eigenvalue weighted by atomic mass is 9.88. The summed E-state index contributed by atoms with van der Waals surface area (Å²) < 4.78 is 6.15. The number of ether oxygens (including phenoxy) is 1. The molecule has 1 unspecified atom stereocenters. The Kier molecular flexibility index (Phi) is 4.79. The first-order valence-electron chi connectivity index (χ1n) is 7.13. The predicted octanol–water partition coefficient (Wildman–Crippen LogP) is 1.34. The van der Waals surface area contributed by atoms with Crippen molar-refractivity contribution >= 4 is 23.5 Å². The van der Waals surface area contributed by atoms with Crippen molar-refractivity contribution < 1.29 is 4.74 Å². The summed E-state index contributed by atoms with van der Waals surface area (Å²) in [6.45, 7) is 3.18. The fourth-order valence-corrected chi connectivity index (χ4v) is 5.65. The van der Waals surface area contributed by atoms with Crippen LogP contribution in [0.5, 0.6) is 0 Å². The van der Waals surface area contributed by atoms with Gasteiger partial charge >= 0.3 is 0 Å². The van der Waals surface area contributed by atoms with Gasteiger partial charge in [0, 0.05) is 35.1 Å². The molecule has 0 aliphatic carbocycles. The highest BCUT2D eigenvalue weighted by molar-refractivity contribution is 8.03. The molecule has 3 nitrogen and oxygen atoms in total. The molecule has 3 aliphatic heterocycles. The van der Waals surface area contributed by atoms with Gasteiger partial charge in [-0.25, -0.2) is 0 Å². The zero-order valence-corrected chi connectivity index (χ0v) is 12.6. The first-order valence-corrected chi connectivity index (χ1v) is 9.44. The number of hydrogen-bond donors (Lipinski definition) is 2. The minimum atomic E-state index is 0.202. The molecular weight excluding hydrogens is 264 g/mol. The van der Waals surface area contributed by atoms with Crippen LogP contribution in [0.15, 0.2) is 0 Å². The van der Waals surface area contributed by atoms with Crippen molar-refractivity contribution in [2.24, 2.45) is 0 Å². The fraction of sp³-hybridized carbons (Fsp3) is 1.00. The maximum Gasteiger partial charge on any atom is 0.0723 e. The van der Waals surface area contributed by atoms with E-state index in [1.165, 1.54) is 42.3 Å². The Bertz CT molecular complexity index is 264. The van der Waals surface area contributed by atoms with Crippen LogP contribution >= 0.6 is 23.5 Å². The highest BCUT2D eigenvalue weighted by Crippen LogP contribution is 2.34. The maximum absolute atomic E-state index is 6.15. The second kappa shape index (κ2) is 6.35. The predicted molar refractivity (Wildman–Crippen MR) is 80.8 cm³/mol. The number of nitrogens with one attached hydrogen (secondary N) is 2. The van der Waals surface area contributed by atoms with E-state index in [4.69, 9.17) is 4.74 Å². The van der Waals surface area contributed by atoms with Gasteiger partial charge < -0.3 is 15.4 Å². The molecule has 0 saturated carbocycles. The second-order valence-electron chi connectivity index (χ2n) is 5.66. The number of hydrogen-bond acceptors (Lipinski definition) is 5. The molecule has 5 heteroatoms. The third-order valence-electron chi connectivity index (χ3n) is 4.21. The quantitative estimate of drug-likeness (QED) is 0.801. The lowest BCUT2D eigenvalue weighted by Gasteiger charge is -2.33. The van der Waals surface area contributed by atoms with Gasteiger partial charge in [0.15, 0.2) is 0 Å². The fourth-order valence-electron chi connectivity index (χ4n) is 3.23. The van der Waals surface area contributed by atoms with Gasteiger partial charge in [0.2, 0.25) is 0 Å². The largest absolute Gasteiger partial charge is 0.373 e. The molecule has 0 amide bonds. The molecule has 3 fully saturated rings. The van der Waals surface area contributed by atoms with Crippen LogP contribution in [0.3, 0.4) is 0 Å². The molecular formula is C13H24N2OS2. The van der Waals surface area contributed by atoms with Crippen molar-refractivity contribution in [1.29, 1.82) is 0 Å². The summed E-state index contributed by atoms with van der Waals surface area (Å²) in [5.41, 5.74) is 0.202. The summed E-state index contributed by atoms with van der Waals surface area (Å²) in [6.07, 6.45) is 3.61. The van der Waals surface area contributed by atoms with Crippen LogP contribution in [0.2, 0.25) is 0 Å². The first-order chi connectivity index (χ1) is 8.86. The average Bonchev–Trinajstić information content (AvgIpc) is 2.62. The van der Waals surface area contributed by atoms with Gasteiger partial charge in [-0.1, -0.05) is 0 Å². The Labute approximate surface area is 119 Å². The maximum atomic E-state index is 6.15. The van der Waals surface area contributed by atoms with E-state index in [-0.39, 0.29) is 5.60 Å². The van der Waals surface area contributed by atoms with Crippen LogP contribution in [-0.4, -0.2) is 60.4 Å². The van der Waals surface area contributed by atoms with Crippen molar-refractivity contribution in [3.63, 3.8) is 0 Å². The number of rotatable bonds is 2. The van der Waals surface area contributed by atoms with E-state index in [9.17, 15) is 0 Å². The molecule has 0 aromatic rings. The van der Waals surface area contributed by atoms with Gasteiger partial charge in [-0.2, -0.15) is 23.5 Å². The van der Waals surface area contributed by atoms with Gasteiger partial charge in [0.25, 0.3) is 0 Å². The van der Waals surface area contributed by atoms with Gasteiger partial charge in [-0.05, 0) is 32.4 Å². The van der Waals surface area contributed by atoms with E-state index in [1.807, 2.05) is 0 Å². The molecule has 1 spiro atoms. The van der Waals surface area contributed by atoms with E-state index >= 15 is 0 Å². The minimum absolute atomic E-state index is 0.202. The third-order valence-corrected chi connectivity index (χ3v) is 6.73. The Morgan fingerprint density at radius 2 is 1.78 bits per heavy atom. The zero-order chi connectivity index (χ0) is 12.3. The zero-order valence-electron chi connectivity index (χ0n) is 11.0. The van der Waals surface area contributed by atoms with Crippen molar-refractivity contribution in [2.45, 2.75) is 36.9 Å². The van der Waals surface area contributed by atoms with Gasteiger partial charge in [0.1, 0.15) is 0 Å². The van der Waals surface area contributed by atoms with Gasteiger partial charge in [0.05, 0.1) is 12.2 Å². The van der Waals surface area contributed by atoms with Crippen LogP contribution < -0.4 is 10.6 Å². The highest BCUT2D eigenvalue weighted by atomic mass is 32.2. The minimum Gasteiger partial charge on any atom is -0.373 e. The second-order valence-corrected chi connectivity index (χ2v) is 7.96. The van der Waals surface area contributed by atoms with Gasteiger partial charge in [-0.3, -0.25) is 0 Å². The molecule has 3 heterocycles. The van der Waals surface area contributed by atoms with E-state index < -0.39 is 0 Å². The molecule has 0 radical (unpaired) electrons. The summed E-state index contributed by atoms with van der Waals surface area (Å²) in [7, 11) is 0. The topological polar surface area (TPSA) is 33.3 Å². The van der Waals surface area contributed by atoms with Crippen LogP contribution in [0.4, 0.5) is 0 Å². The Morgan fingerprint density at radius 1 is 1.06 bits per heavy atom. The summed E-state index contributed by atoms with van der Waals surface area (Å²) >= 11 is 4.20. The smallest absolute Gasteiger partial charge is 0.0723 e. The Balaban J connectivity index is 1.49. The summed E-state index contributed by atoms with van der Waals surface area (Å²) in [5.74, 6) is 5.19. The van der Waals surface area contributed by atoms with Crippen LogP contribution in [-0.2, 0) is 4.74 Å². The standard InChI is InChI=1S/C13H24N2OS2/c1-3-14-4-2-13(1)7-11(8-16-13)15-12-9-17-5-6-18-10-12/h11-12,14-15H,1-10H2. The van der Waals surface area contributed by atoms with Crippen LogP contribution in [0.1, 0.15) is 19.3 Å². The normalized spacial score (nSPS) is 33.7. The van der Waals surface area contributed by atoms with Crippen molar-refractivity contribution in [3.05, 3.63) is 0 Å². The monoisotopic (exact) mass is 288 g/mol. The Morgan fingerprint density at radius 3 is 2.50 bits per heavy atom. The van der Waals surface area contributed by atoms with E-state index in [0.29, 0.717) is 12.1 Å². The van der Waals surface area contributed by atoms with Crippen molar-refractivity contribution in [1.82, 2.24) is 10.6 Å². The van der Waals surface area contributed by atoms with Gasteiger partial charge in [-0.15, -0.1) is 0 Å². The van der Waals surface area contributed by atoms with Crippen LogP contribution in [0.25, 0.3) is 0 Å². The van der Waals surface area contributed by atoms with Crippen molar-refractivity contribution in [3.8, 4) is 0 Å². The molecule has 3 rings (SSSR count). The number of thioether (sulfide) groups is 2. The average molecular weight is 288 g/mol. The third kappa shape index (κ3) is 3.37.